The molecule has 0 spiro atoms. The van der Waals surface area contributed by atoms with Gasteiger partial charge < -0.3 is 5.73 Å². The van der Waals surface area contributed by atoms with Crippen molar-refractivity contribution in [1.29, 1.82) is 0 Å². The molecule has 1 heterocycles. The third-order valence-corrected chi connectivity index (χ3v) is 7.37. The van der Waals surface area contributed by atoms with Gasteiger partial charge in [0.25, 0.3) is 0 Å². The van der Waals surface area contributed by atoms with Crippen molar-refractivity contribution < 1.29 is 21.2 Å². The summed E-state index contributed by atoms with van der Waals surface area (Å²) in [6, 6.07) is 2.74. The van der Waals surface area contributed by atoms with E-state index in [1.54, 1.807) is 0 Å². The molecule has 0 saturated carbocycles. The third-order valence-electron chi connectivity index (χ3n) is 3.63. The second-order valence-electron chi connectivity index (χ2n) is 5.03. The van der Waals surface area contributed by atoms with E-state index >= 15 is 0 Å². The van der Waals surface area contributed by atoms with Crippen molar-refractivity contribution in [2.45, 2.75) is 23.9 Å². The van der Waals surface area contributed by atoms with Crippen LogP contribution in [0, 0.1) is 5.82 Å². The molecule has 1 aromatic rings. The lowest BCUT2D eigenvalue weighted by atomic mass is 10.2. The smallest absolute Gasteiger partial charge is 0.243 e. The van der Waals surface area contributed by atoms with Gasteiger partial charge in [-0.1, -0.05) is 6.07 Å². The van der Waals surface area contributed by atoms with Crippen LogP contribution in [0.15, 0.2) is 23.1 Å². The number of nitrogens with two attached hydrogens (primary N) is 1. The molecular weight excluding hydrogens is 319 g/mol. The molecule has 1 atom stereocenters. The van der Waals surface area contributed by atoms with E-state index in [-0.39, 0.29) is 29.4 Å². The Labute approximate surface area is 123 Å². The molecule has 9 heteroatoms. The van der Waals surface area contributed by atoms with Crippen LogP contribution in [-0.2, 0) is 26.4 Å². The highest BCUT2D eigenvalue weighted by atomic mass is 32.2. The lowest BCUT2D eigenvalue weighted by molar-refractivity contribution is 0.393. The first-order valence-corrected chi connectivity index (χ1v) is 9.60. The number of halogens is 1. The van der Waals surface area contributed by atoms with Gasteiger partial charge in [0, 0.05) is 19.6 Å². The summed E-state index contributed by atoms with van der Waals surface area (Å²) in [5.74, 6) is -0.932. The largest absolute Gasteiger partial charge is 0.326 e. The predicted molar refractivity (Wildman–Crippen MR) is 76.3 cm³/mol. The van der Waals surface area contributed by atoms with Crippen molar-refractivity contribution >= 4 is 19.9 Å². The van der Waals surface area contributed by atoms with Crippen LogP contribution in [0.4, 0.5) is 4.39 Å². The number of hydrogen-bond donors (Lipinski definition) is 1. The van der Waals surface area contributed by atoms with E-state index in [9.17, 15) is 21.2 Å². The summed E-state index contributed by atoms with van der Waals surface area (Å²) < 4.78 is 62.5. The van der Waals surface area contributed by atoms with E-state index in [1.807, 2.05) is 0 Å². The molecule has 1 saturated heterocycles. The molecule has 1 aliphatic rings. The maximum absolute atomic E-state index is 13.4. The molecular formula is C12H17FN2O4S2. The van der Waals surface area contributed by atoms with Crippen LogP contribution in [0.2, 0.25) is 0 Å². The minimum Gasteiger partial charge on any atom is -0.326 e. The zero-order chi connectivity index (χ0) is 15.8. The zero-order valence-electron chi connectivity index (χ0n) is 11.5. The number of sulfone groups is 1. The number of benzene rings is 1. The monoisotopic (exact) mass is 336 g/mol. The van der Waals surface area contributed by atoms with Gasteiger partial charge in [0.2, 0.25) is 10.0 Å². The first-order chi connectivity index (χ1) is 9.67. The van der Waals surface area contributed by atoms with Crippen LogP contribution in [0.5, 0.6) is 0 Å². The maximum Gasteiger partial charge on any atom is 0.243 e. The number of nitrogens with zero attached hydrogens (tertiary/aromatic N) is 1. The molecule has 0 aromatic heterocycles. The van der Waals surface area contributed by atoms with Crippen LogP contribution in [0.1, 0.15) is 12.0 Å². The molecule has 118 valence electrons. The Bertz CT molecular complexity index is 747. The molecule has 2 N–H and O–H groups in total. The van der Waals surface area contributed by atoms with E-state index in [0.717, 1.165) is 16.4 Å². The Balaban J connectivity index is 2.40. The summed E-state index contributed by atoms with van der Waals surface area (Å²) in [5.41, 5.74) is 5.79. The quantitative estimate of drug-likeness (QED) is 0.840. The zero-order valence-corrected chi connectivity index (χ0v) is 13.1. The Kier molecular flexibility index (Phi) is 4.39. The molecule has 0 radical (unpaired) electrons. The molecule has 0 amide bonds. The summed E-state index contributed by atoms with van der Waals surface area (Å²) in [7, 11) is -5.89. The van der Waals surface area contributed by atoms with Crippen LogP contribution >= 0.6 is 0 Å². The molecule has 1 unspecified atom stereocenters. The van der Waals surface area contributed by atoms with Gasteiger partial charge in [-0.15, -0.1) is 0 Å². The van der Waals surface area contributed by atoms with Crippen molar-refractivity contribution in [3.63, 3.8) is 0 Å². The molecule has 0 bridgehead atoms. The SMILES string of the molecule is CN(C1CCS(=O)(=O)C1)S(=O)(=O)c1cc(F)ccc1CN. The van der Waals surface area contributed by atoms with Gasteiger partial charge in [0.05, 0.1) is 16.4 Å². The van der Waals surface area contributed by atoms with Crippen LogP contribution in [-0.4, -0.2) is 45.7 Å². The molecule has 0 aliphatic carbocycles. The fourth-order valence-electron chi connectivity index (χ4n) is 2.35. The van der Waals surface area contributed by atoms with Crippen molar-refractivity contribution in [2.75, 3.05) is 18.6 Å². The fraction of sp³-hybridized carbons (Fsp3) is 0.500. The maximum atomic E-state index is 13.4. The predicted octanol–water partition coefficient (Wildman–Crippen LogP) is 0.0920. The Morgan fingerprint density at radius 2 is 2.10 bits per heavy atom. The van der Waals surface area contributed by atoms with Gasteiger partial charge in [-0.25, -0.2) is 21.2 Å². The van der Waals surface area contributed by atoms with Crippen LogP contribution < -0.4 is 5.73 Å². The third kappa shape index (κ3) is 3.25. The summed E-state index contributed by atoms with van der Waals surface area (Å²) in [6.07, 6.45) is 0.241. The van der Waals surface area contributed by atoms with Gasteiger partial charge in [-0.05, 0) is 24.1 Å². The van der Waals surface area contributed by atoms with Gasteiger partial charge in [-0.3, -0.25) is 0 Å². The average molecular weight is 336 g/mol. The van der Waals surface area contributed by atoms with Gasteiger partial charge in [0.1, 0.15) is 5.82 Å². The van der Waals surface area contributed by atoms with E-state index < -0.39 is 31.7 Å². The normalized spacial score (nSPS) is 21.8. The second-order valence-corrected chi connectivity index (χ2v) is 9.23. The summed E-state index contributed by atoms with van der Waals surface area (Å²) in [5, 5.41) is 0. The van der Waals surface area contributed by atoms with Crippen LogP contribution in [0.3, 0.4) is 0 Å². The number of hydrogen-bond acceptors (Lipinski definition) is 5. The highest BCUT2D eigenvalue weighted by Crippen LogP contribution is 2.26. The first kappa shape index (κ1) is 16.3. The van der Waals surface area contributed by atoms with Crippen molar-refractivity contribution in [1.82, 2.24) is 4.31 Å². The van der Waals surface area contributed by atoms with Crippen molar-refractivity contribution in [3.05, 3.63) is 29.6 Å². The lowest BCUT2D eigenvalue weighted by Crippen LogP contribution is -2.38. The average Bonchev–Trinajstić information content (AvgIpc) is 2.78. The second kappa shape index (κ2) is 5.64. The molecule has 6 nitrogen and oxygen atoms in total. The molecule has 1 fully saturated rings. The van der Waals surface area contributed by atoms with Gasteiger partial charge in [-0.2, -0.15) is 4.31 Å². The highest BCUT2D eigenvalue weighted by Gasteiger charge is 2.37. The van der Waals surface area contributed by atoms with Gasteiger partial charge in [0.15, 0.2) is 9.84 Å². The summed E-state index contributed by atoms with van der Waals surface area (Å²) in [6.45, 7) is -0.0500. The standard InChI is InChI=1S/C12H17FN2O4S2/c1-15(11-4-5-20(16,17)8-11)21(18,19)12-6-10(13)3-2-9(12)7-14/h2-3,6,11H,4-5,7-8,14H2,1H3. The highest BCUT2D eigenvalue weighted by molar-refractivity contribution is 7.92. The Morgan fingerprint density at radius 3 is 2.62 bits per heavy atom. The first-order valence-electron chi connectivity index (χ1n) is 6.34. The topological polar surface area (TPSA) is 97.5 Å². The molecule has 1 aliphatic heterocycles. The summed E-state index contributed by atoms with van der Waals surface area (Å²) >= 11 is 0. The minimum absolute atomic E-state index is 0.0373. The molecule has 2 rings (SSSR count). The fourth-order valence-corrected chi connectivity index (χ4v) is 5.85. The van der Waals surface area contributed by atoms with Crippen LogP contribution in [0.25, 0.3) is 0 Å². The van der Waals surface area contributed by atoms with E-state index in [0.29, 0.717) is 5.56 Å². The van der Waals surface area contributed by atoms with E-state index in [2.05, 4.69) is 0 Å². The number of sulfonamides is 1. The van der Waals surface area contributed by atoms with E-state index in [1.165, 1.54) is 13.1 Å². The summed E-state index contributed by atoms with van der Waals surface area (Å²) in [4.78, 5) is -0.211. The van der Waals surface area contributed by atoms with E-state index in [4.69, 9.17) is 5.73 Å². The minimum atomic E-state index is -3.99. The molecule has 1 aromatic carbocycles. The van der Waals surface area contributed by atoms with Crippen molar-refractivity contribution in [3.8, 4) is 0 Å². The lowest BCUT2D eigenvalue weighted by Gasteiger charge is -2.24. The molecule has 21 heavy (non-hydrogen) atoms. The Hall–Kier alpha value is -1.03. The van der Waals surface area contributed by atoms with Crippen molar-refractivity contribution in [2.24, 2.45) is 5.73 Å². The van der Waals surface area contributed by atoms with Gasteiger partial charge >= 0.3 is 0 Å². The Morgan fingerprint density at radius 1 is 1.43 bits per heavy atom. The number of rotatable bonds is 4.